The number of nitrogens with zero attached hydrogens (tertiary/aromatic N) is 1. The van der Waals surface area contributed by atoms with E-state index in [1.807, 2.05) is 0 Å². The number of alkyl halides is 3. The fraction of sp³-hybridized carbons (Fsp3) is 0.833. The van der Waals surface area contributed by atoms with Crippen molar-refractivity contribution >= 4 is 5.91 Å². The third-order valence-electron chi connectivity index (χ3n) is 1.71. The fourth-order valence-corrected chi connectivity index (χ4v) is 0.932. The molecule has 0 saturated carbocycles. The number of halogens is 3. The van der Waals surface area contributed by atoms with E-state index in [1.165, 1.54) is 7.11 Å². The Morgan fingerprint density at radius 2 is 2.00 bits per heavy atom. The van der Waals surface area contributed by atoms with Gasteiger partial charge in [-0.25, -0.2) is 0 Å². The Labute approximate surface area is 67.1 Å². The monoisotopic (exact) mass is 183 g/mol. The van der Waals surface area contributed by atoms with E-state index < -0.39 is 12.1 Å². The summed E-state index contributed by atoms with van der Waals surface area (Å²) < 4.78 is 39.9. The van der Waals surface area contributed by atoms with Gasteiger partial charge in [0.15, 0.2) is 0 Å². The second-order valence-electron chi connectivity index (χ2n) is 2.57. The van der Waals surface area contributed by atoms with Gasteiger partial charge in [-0.1, -0.05) is 0 Å². The van der Waals surface area contributed by atoms with Gasteiger partial charge in [0.25, 0.3) is 0 Å². The van der Waals surface area contributed by atoms with Crippen molar-refractivity contribution in [3.8, 4) is 0 Å². The minimum absolute atomic E-state index is 0.0366. The van der Waals surface area contributed by atoms with Gasteiger partial charge in [0.2, 0.25) is 0 Å². The Kier molecular flexibility index (Phi) is 2.27. The Morgan fingerprint density at radius 3 is 2.33 bits per heavy atom. The highest BCUT2D eigenvalue weighted by Crippen LogP contribution is 2.22. The molecule has 0 atom stereocenters. The van der Waals surface area contributed by atoms with Crippen molar-refractivity contribution < 1.29 is 22.7 Å². The molecule has 0 aromatic rings. The van der Waals surface area contributed by atoms with Crippen molar-refractivity contribution in [1.82, 2.24) is 4.90 Å². The van der Waals surface area contributed by atoms with Crippen LogP contribution in [0.4, 0.5) is 13.2 Å². The van der Waals surface area contributed by atoms with Gasteiger partial charge in [0.05, 0.1) is 6.10 Å². The third kappa shape index (κ3) is 1.69. The number of rotatable bonds is 1. The van der Waals surface area contributed by atoms with Gasteiger partial charge in [-0.05, 0) is 0 Å². The lowest BCUT2D eigenvalue weighted by molar-refractivity contribution is -0.195. The predicted octanol–water partition coefficient (Wildman–Crippen LogP) is 0.406. The van der Waals surface area contributed by atoms with E-state index in [0.717, 1.165) is 0 Å². The van der Waals surface area contributed by atoms with Gasteiger partial charge in [0.1, 0.15) is 0 Å². The number of methoxy groups -OCH3 is 1. The minimum atomic E-state index is -4.75. The fourth-order valence-electron chi connectivity index (χ4n) is 0.932. The minimum Gasteiger partial charge on any atom is -0.378 e. The van der Waals surface area contributed by atoms with Gasteiger partial charge in [-0.3, -0.25) is 4.79 Å². The molecule has 1 amide bonds. The lowest BCUT2D eigenvalue weighted by atomic mass is 10.1. The Morgan fingerprint density at radius 1 is 1.50 bits per heavy atom. The van der Waals surface area contributed by atoms with Crippen molar-refractivity contribution in [3.05, 3.63) is 0 Å². The molecular weight excluding hydrogens is 175 g/mol. The van der Waals surface area contributed by atoms with Gasteiger partial charge < -0.3 is 9.64 Å². The average molecular weight is 183 g/mol. The van der Waals surface area contributed by atoms with Crippen LogP contribution in [0.5, 0.6) is 0 Å². The predicted molar refractivity (Wildman–Crippen MR) is 33.4 cm³/mol. The topological polar surface area (TPSA) is 29.5 Å². The summed E-state index contributed by atoms with van der Waals surface area (Å²) in [6, 6.07) is 0. The maximum atomic E-state index is 11.7. The van der Waals surface area contributed by atoms with Crippen LogP contribution >= 0.6 is 0 Å². The molecule has 1 rings (SSSR count). The van der Waals surface area contributed by atoms with E-state index in [9.17, 15) is 18.0 Å². The first-order valence-corrected chi connectivity index (χ1v) is 3.34. The Balaban J connectivity index is 2.39. The molecule has 0 radical (unpaired) electrons. The highest BCUT2D eigenvalue weighted by Gasteiger charge is 2.46. The Bertz CT molecular complexity index is 186. The van der Waals surface area contributed by atoms with E-state index in [4.69, 9.17) is 4.74 Å². The number of hydrogen-bond acceptors (Lipinski definition) is 2. The normalized spacial score (nSPS) is 19.2. The molecule has 1 aliphatic heterocycles. The van der Waals surface area contributed by atoms with Gasteiger partial charge in [-0.15, -0.1) is 0 Å². The maximum Gasteiger partial charge on any atom is 0.471 e. The Hall–Kier alpha value is -0.780. The standard InChI is InChI=1S/C6H8F3NO2/c1-12-4-2-10(3-4)5(11)6(7,8)9/h4H,2-3H2,1H3. The van der Waals surface area contributed by atoms with Crippen molar-refractivity contribution in [1.29, 1.82) is 0 Å². The molecule has 0 aromatic carbocycles. The SMILES string of the molecule is COC1CN(C(=O)C(F)(F)F)C1. The molecule has 3 nitrogen and oxygen atoms in total. The van der Waals surface area contributed by atoms with Gasteiger partial charge in [0, 0.05) is 20.2 Å². The van der Waals surface area contributed by atoms with Crippen LogP contribution < -0.4 is 0 Å². The molecule has 12 heavy (non-hydrogen) atoms. The number of carbonyl (C=O) groups is 1. The molecule has 1 aliphatic rings. The second kappa shape index (κ2) is 2.93. The van der Waals surface area contributed by atoms with Crippen LogP contribution in [0.25, 0.3) is 0 Å². The molecule has 1 heterocycles. The molecule has 1 saturated heterocycles. The van der Waals surface area contributed by atoms with E-state index in [0.29, 0.717) is 4.90 Å². The van der Waals surface area contributed by atoms with Crippen molar-refractivity contribution in [2.24, 2.45) is 0 Å². The molecule has 70 valence electrons. The van der Waals surface area contributed by atoms with Gasteiger partial charge >= 0.3 is 12.1 Å². The first-order chi connectivity index (χ1) is 5.45. The zero-order valence-electron chi connectivity index (χ0n) is 6.39. The molecule has 0 aliphatic carbocycles. The third-order valence-corrected chi connectivity index (χ3v) is 1.71. The molecule has 1 fully saturated rings. The van der Waals surface area contributed by atoms with Crippen LogP contribution in [-0.4, -0.2) is 43.3 Å². The highest BCUT2D eigenvalue weighted by atomic mass is 19.4. The lowest BCUT2D eigenvalue weighted by Gasteiger charge is -2.38. The van der Waals surface area contributed by atoms with E-state index >= 15 is 0 Å². The quantitative estimate of drug-likeness (QED) is 0.589. The summed E-state index contributed by atoms with van der Waals surface area (Å²) in [6.07, 6.45) is -4.99. The van der Waals surface area contributed by atoms with Crippen LogP contribution in [-0.2, 0) is 9.53 Å². The first kappa shape index (κ1) is 9.31. The zero-order chi connectivity index (χ0) is 9.35. The van der Waals surface area contributed by atoms with E-state index in [1.54, 1.807) is 0 Å². The van der Waals surface area contributed by atoms with Crippen LogP contribution in [0, 0.1) is 0 Å². The number of amides is 1. The number of likely N-dealkylation sites (tertiary alicyclic amines) is 1. The molecule has 0 aromatic heterocycles. The van der Waals surface area contributed by atoms with Crippen LogP contribution in [0.3, 0.4) is 0 Å². The number of hydrogen-bond donors (Lipinski definition) is 0. The summed E-state index contributed by atoms with van der Waals surface area (Å²) in [5.41, 5.74) is 0. The molecule has 0 spiro atoms. The van der Waals surface area contributed by atoms with Crippen LogP contribution in [0.2, 0.25) is 0 Å². The molecule has 0 unspecified atom stereocenters. The largest absolute Gasteiger partial charge is 0.471 e. The van der Waals surface area contributed by atoms with Gasteiger partial charge in [-0.2, -0.15) is 13.2 Å². The summed E-state index contributed by atoms with van der Waals surface area (Å²) in [5, 5.41) is 0. The zero-order valence-corrected chi connectivity index (χ0v) is 6.39. The number of ether oxygens (including phenoxy) is 1. The van der Waals surface area contributed by atoms with Crippen molar-refractivity contribution in [2.45, 2.75) is 12.3 Å². The van der Waals surface area contributed by atoms with Crippen LogP contribution in [0.1, 0.15) is 0 Å². The lowest BCUT2D eigenvalue weighted by Crippen LogP contribution is -2.57. The highest BCUT2D eigenvalue weighted by molar-refractivity contribution is 5.82. The number of carbonyl (C=O) groups excluding carboxylic acids is 1. The van der Waals surface area contributed by atoms with E-state index in [-0.39, 0.29) is 19.2 Å². The smallest absolute Gasteiger partial charge is 0.378 e. The first-order valence-electron chi connectivity index (χ1n) is 3.34. The van der Waals surface area contributed by atoms with E-state index in [2.05, 4.69) is 0 Å². The second-order valence-corrected chi connectivity index (χ2v) is 2.57. The molecule has 6 heteroatoms. The summed E-state index contributed by atoms with van der Waals surface area (Å²) in [4.78, 5) is 11.2. The maximum absolute atomic E-state index is 11.7. The summed E-state index contributed by atoms with van der Waals surface area (Å²) in [5.74, 6) is -1.78. The summed E-state index contributed by atoms with van der Waals surface area (Å²) in [7, 11) is 1.40. The van der Waals surface area contributed by atoms with Crippen LogP contribution in [0.15, 0.2) is 0 Å². The molecule has 0 N–H and O–H groups in total. The summed E-state index contributed by atoms with van der Waals surface area (Å²) in [6.45, 7) is 0.0731. The molecule has 0 bridgehead atoms. The van der Waals surface area contributed by atoms with Crippen molar-refractivity contribution in [2.75, 3.05) is 20.2 Å². The van der Waals surface area contributed by atoms with Crippen molar-refractivity contribution in [3.63, 3.8) is 0 Å². The average Bonchev–Trinajstić information content (AvgIpc) is 1.83. The molecular formula is C6H8F3NO2. The summed E-state index contributed by atoms with van der Waals surface area (Å²) >= 11 is 0.